The van der Waals surface area contributed by atoms with Crippen LogP contribution in [0.3, 0.4) is 0 Å². The van der Waals surface area contributed by atoms with Crippen molar-refractivity contribution in [2.24, 2.45) is 0 Å². The topological polar surface area (TPSA) is 111 Å². The summed E-state index contributed by atoms with van der Waals surface area (Å²) in [5.41, 5.74) is 0. The molecule has 2 unspecified atom stereocenters. The molecule has 0 aliphatic rings. The normalized spacial score (nSPS) is 13.4. The van der Waals surface area contributed by atoms with Gasteiger partial charge in [0, 0.05) is 12.8 Å². The number of esters is 2. The molecule has 0 spiro atoms. The van der Waals surface area contributed by atoms with Crippen LogP contribution in [-0.4, -0.2) is 82.3 Å². The number of quaternary nitrogens is 1. The molecule has 9 heteroatoms. The largest absolute Gasteiger partial charge is 0.545 e. The molecule has 0 aromatic carbocycles. The van der Waals surface area contributed by atoms with E-state index >= 15 is 0 Å². The molecule has 0 aliphatic carbocycles. The van der Waals surface area contributed by atoms with Crippen LogP contribution in [0.5, 0.6) is 0 Å². The number of carboxylic acid groups (broad SMARTS) is 1. The van der Waals surface area contributed by atoms with Gasteiger partial charge < -0.3 is 33.3 Å². The molecule has 0 N–H and O–H groups in total. The highest BCUT2D eigenvalue weighted by Crippen LogP contribution is 2.17. The van der Waals surface area contributed by atoms with Crippen LogP contribution in [0.15, 0.2) is 122 Å². The first-order valence-electron chi connectivity index (χ1n) is 35.7. The van der Waals surface area contributed by atoms with E-state index < -0.39 is 24.3 Å². The molecular weight excluding hydrogens is 1080 g/mol. The van der Waals surface area contributed by atoms with E-state index in [9.17, 15) is 19.5 Å². The van der Waals surface area contributed by atoms with E-state index in [-0.39, 0.29) is 38.6 Å². The molecular formula is C78H133NO8. The predicted molar refractivity (Wildman–Crippen MR) is 370 cm³/mol. The van der Waals surface area contributed by atoms with Gasteiger partial charge in [-0.1, -0.05) is 302 Å². The molecule has 9 nitrogen and oxygen atoms in total. The van der Waals surface area contributed by atoms with Crippen molar-refractivity contribution in [3.05, 3.63) is 122 Å². The maximum Gasteiger partial charge on any atom is 0.306 e. The summed E-state index contributed by atoms with van der Waals surface area (Å²) in [4.78, 5) is 37.5. The number of carbonyl (C=O) groups is 3. The van der Waals surface area contributed by atoms with E-state index in [4.69, 9.17) is 18.9 Å². The van der Waals surface area contributed by atoms with Crippen LogP contribution in [0.2, 0.25) is 0 Å². The summed E-state index contributed by atoms with van der Waals surface area (Å²) >= 11 is 0. The quantitative estimate of drug-likeness (QED) is 0.0195. The van der Waals surface area contributed by atoms with Crippen molar-refractivity contribution in [2.75, 3.05) is 47.5 Å². The summed E-state index contributed by atoms with van der Waals surface area (Å²) in [5.74, 6) is -2.29. The van der Waals surface area contributed by atoms with E-state index in [0.29, 0.717) is 17.4 Å². The fraction of sp³-hybridized carbons (Fsp3) is 0.705. The molecule has 0 bridgehead atoms. The van der Waals surface area contributed by atoms with Crippen molar-refractivity contribution in [1.82, 2.24) is 0 Å². The zero-order chi connectivity index (χ0) is 63.3. The second kappa shape index (κ2) is 67.6. The molecule has 0 rings (SSSR count). The number of rotatable bonds is 65. The van der Waals surface area contributed by atoms with E-state index in [1.807, 2.05) is 21.1 Å². The van der Waals surface area contributed by atoms with Crippen molar-refractivity contribution >= 4 is 17.9 Å². The molecule has 0 radical (unpaired) electrons. The number of likely N-dealkylation sites (N-methyl/N-ethyl adjacent to an activating group) is 1. The fourth-order valence-corrected chi connectivity index (χ4v) is 9.83. The Morgan fingerprint density at radius 3 is 0.920 bits per heavy atom. The number of hydrogen-bond donors (Lipinski definition) is 0. The smallest absolute Gasteiger partial charge is 0.306 e. The molecule has 0 fully saturated rings. The molecule has 0 amide bonds. The minimum absolute atomic E-state index is 0.142. The predicted octanol–water partition coefficient (Wildman–Crippen LogP) is 21.0. The Hall–Kier alpha value is -4.31. The Bertz CT molecular complexity index is 1840. The molecule has 0 saturated carbocycles. The van der Waals surface area contributed by atoms with Gasteiger partial charge in [0.1, 0.15) is 13.2 Å². The number of carboxylic acids is 1. The summed E-state index contributed by atoms with van der Waals surface area (Å²) in [5, 5.41) is 11.8. The number of ether oxygens (including phenoxy) is 4. The van der Waals surface area contributed by atoms with E-state index in [0.717, 1.165) is 109 Å². The first kappa shape index (κ1) is 82.7. The molecule has 0 aromatic heterocycles. The van der Waals surface area contributed by atoms with Crippen LogP contribution in [-0.2, 0) is 33.3 Å². The Morgan fingerprint density at radius 2 is 0.621 bits per heavy atom. The first-order chi connectivity index (χ1) is 42.6. The standard InChI is InChI=1S/C78H133NO8/c1-6-8-10-12-14-16-18-20-22-24-26-28-30-32-34-35-36-37-38-39-40-41-43-44-46-48-50-52-54-56-58-60-62-64-66-68-75(80)85-72-74(73-86-78(77(82)83)84-71-70-79(3,4)5)87-76(81)69-67-65-63-61-59-57-55-53-51-49-47-45-42-33-31-29-27-25-23-21-19-17-15-13-11-9-7-2/h8-11,14-17,20-23,26-29,33,42,47,49,74,78H,6-7,12-13,18-19,24-25,30-32,34-41,43-46,48,50-73H2,1-5H3/b10-8-,11-9-,16-14-,17-15-,22-20-,23-21-,28-26-,29-27-,42-33-,49-47-. The number of carbonyl (C=O) groups excluding carboxylic acids is 3. The van der Waals surface area contributed by atoms with Gasteiger partial charge in [-0.3, -0.25) is 9.59 Å². The van der Waals surface area contributed by atoms with Crippen LogP contribution >= 0.6 is 0 Å². The molecule has 87 heavy (non-hydrogen) atoms. The van der Waals surface area contributed by atoms with Gasteiger partial charge in [0.05, 0.1) is 40.3 Å². The van der Waals surface area contributed by atoms with Gasteiger partial charge in [0.25, 0.3) is 0 Å². The molecule has 0 saturated heterocycles. The van der Waals surface area contributed by atoms with Gasteiger partial charge in [0.2, 0.25) is 0 Å². The number of nitrogens with zero attached hydrogens (tertiary/aromatic N) is 1. The van der Waals surface area contributed by atoms with Crippen molar-refractivity contribution in [1.29, 1.82) is 0 Å². The number of hydrogen-bond acceptors (Lipinski definition) is 8. The molecule has 0 heterocycles. The Kier molecular flexibility index (Phi) is 64.3. The van der Waals surface area contributed by atoms with E-state index in [2.05, 4.69) is 135 Å². The van der Waals surface area contributed by atoms with Crippen molar-refractivity contribution in [3.63, 3.8) is 0 Å². The second-order valence-electron chi connectivity index (χ2n) is 24.8. The summed E-state index contributed by atoms with van der Waals surface area (Å²) in [6.45, 7) is 4.53. The first-order valence-corrected chi connectivity index (χ1v) is 35.7. The number of unbranched alkanes of at least 4 members (excludes halogenated alkanes) is 30. The van der Waals surface area contributed by atoms with Gasteiger partial charge in [-0.15, -0.1) is 0 Å². The highest BCUT2D eigenvalue weighted by Gasteiger charge is 2.22. The van der Waals surface area contributed by atoms with Gasteiger partial charge in [-0.25, -0.2) is 0 Å². The average molecular weight is 1210 g/mol. The monoisotopic (exact) mass is 1210 g/mol. The highest BCUT2D eigenvalue weighted by atomic mass is 16.7. The van der Waals surface area contributed by atoms with Crippen LogP contribution in [0, 0.1) is 0 Å². The van der Waals surface area contributed by atoms with Crippen molar-refractivity contribution in [2.45, 2.75) is 309 Å². The molecule has 0 aliphatic heterocycles. The third-order valence-electron chi connectivity index (χ3n) is 15.2. The zero-order valence-electron chi connectivity index (χ0n) is 56.9. The van der Waals surface area contributed by atoms with Gasteiger partial charge in [-0.2, -0.15) is 0 Å². The lowest BCUT2D eigenvalue weighted by Gasteiger charge is -2.26. The fourth-order valence-electron chi connectivity index (χ4n) is 9.83. The molecule has 0 aromatic rings. The molecule has 2 atom stereocenters. The molecule has 498 valence electrons. The Labute approximate surface area is 536 Å². The SMILES string of the molecule is CC/C=C\C/C=C\C/C=C\C/C=C\C/C=C\C/C=C\CCCCCCCCCCC(=O)OC(COC(=O)CCCCCCCCCCCCCCCCCCCCCCCC/C=C\C/C=C\C/C=C\C/C=C\CC)COC(OCC[N+](C)(C)C)C(=O)[O-]. The van der Waals surface area contributed by atoms with Crippen LogP contribution in [0.4, 0.5) is 0 Å². The lowest BCUT2D eigenvalue weighted by atomic mass is 10.0. The average Bonchev–Trinajstić information content (AvgIpc) is 3.56. The summed E-state index contributed by atoms with van der Waals surface area (Å²) < 4.78 is 22.8. The van der Waals surface area contributed by atoms with Crippen molar-refractivity contribution in [3.8, 4) is 0 Å². The summed E-state index contributed by atoms with van der Waals surface area (Å²) in [6, 6.07) is 0. The number of allylic oxidation sites excluding steroid dienone is 20. The highest BCUT2D eigenvalue weighted by molar-refractivity contribution is 5.70. The maximum absolute atomic E-state index is 12.9. The van der Waals surface area contributed by atoms with Gasteiger partial charge in [0.15, 0.2) is 12.4 Å². The third kappa shape index (κ3) is 69.0. The summed E-state index contributed by atoms with van der Waals surface area (Å²) in [6.07, 6.45) is 92.9. The number of aliphatic carboxylic acids is 1. The van der Waals surface area contributed by atoms with Crippen LogP contribution in [0.25, 0.3) is 0 Å². The van der Waals surface area contributed by atoms with E-state index in [1.54, 1.807) is 0 Å². The van der Waals surface area contributed by atoms with E-state index in [1.165, 1.54) is 154 Å². The minimum atomic E-state index is -1.63. The Balaban J connectivity index is 4.09. The van der Waals surface area contributed by atoms with Crippen molar-refractivity contribution < 1.29 is 42.9 Å². The second-order valence-corrected chi connectivity index (χ2v) is 24.8. The summed E-state index contributed by atoms with van der Waals surface area (Å²) in [7, 11) is 5.93. The zero-order valence-corrected chi connectivity index (χ0v) is 56.9. The van der Waals surface area contributed by atoms with Crippen LogP contribution in [0.1, 0.15) is 296 Å². The van der Waals surface area contributed by atoms with Gasteiger partial charge >= 0.3 is 11.9 Å². The third-order valence-corrected chi connectivity index (χ3v) is 15.2. The Morgan fingerprint density at radius 1 is 0.345 bits per heavy atom. The lowest BCUT2D eigenvalue weighted by molar-refractivity contribution is -0.870. The van der Waals surface area contributed by atoms with Crippen LogP contribution < -0.4 is 5.11 Å². The van der Waals surface area contributed by atoms with Gasteiger partial charge in [-0.05, 0) is 103 Å². The maximum atomic E-state index is 12.9. The lowest BCUT2D eigenvalue weighted by Crippen LogP contribution is -2.44. The minimum Gasteiger partial charge on any atom is -0.545 e.